The second-order valence-corrected chi connectivity index (χ2v) is 9.47. The van der Waals surface area contributed by atoms with E-state index in [1.165, 1.54) is 11.8 Å². The van der Waals surface area contributed by atoms with Gasteiger partial charge in [-0.1, -0.05) is 36.3 Å². The Morgan fingerprint density at radius 3 is 2.50 bits per heavy atom. The molecule has 0 unspecified atom stereocenters. The molecule has 4 rings (SSSR count). The zero-order valence-electron chi connectivity index (χ0n) is 19.7. The maximum atomic E-state index is 13.5. The van der Waals surface area contributed by atoms with Crippen molar-refractivity contribution in [2.45, 2.75) is 6.54 Å². The molecule has 1 amide bonds. The first-order valence-corrected chi connectivity index (χ1v) is 12.5. The molecule has 0 radical (unpaired) electrons. The summed E-state index contributed by atoms with van der Waals surface area (Å²) in [6, 6.07) is 20.9. The Labute approximate surface area is 223 Å². The molecule has 3 aromatic rings. The molecule has 1 saturated heterocycles. The van der Waals surface area contributed by atoms with E-state index in [0.717, 1.165) is 22.6 Å². The Morgan fingerprint density at radius 1 is 1.08 bits per heavy atom. The molecule has 0 aliphatic carbocycles. The van der Waals surface area contributed by atoms with Crippen LogP contribution < -0.4 is 14.2 Å². The van der Waals surface area contributed by atoms with Crippen molar-refractivity contribution < 1.29 is 19.0 Å². The molecular formula is C28H23BrN2O4S. The van der Waals surface area contributed by atoms with Crippen LogP contribution in [0.1, 0.15) is 11.1 Å². The van der Waals surface area contributed by atoms with E-state index in [9.17, 15) is 4.79 Å². The fourth-order valence-corrected chi connectivity index (χ4v) is 5.06. The number of nitrogens with zero attached hydrogens (tertiary/aromatic N) is 2. The number of carbonyl (C=O) groups excluding carboxylic acids is 1. The minimum atomic E-state index is -0.131. The monoisotopic (exact) mass is 562 g/mol. The molecule has 1 heterocycles. The number of ether oxygens (including phenoxy) is 3. The number of hydrogen-bond acceptors (Lipinski definition) is 6. The molecule has 182 valence electrons. The smallest absolute Gasteiger partial charge is 0.267 e. The molecule has 0 spiro atoms. The van der Waals surface area contributed by atoms with Gasteiger partial charge in [0, 0.05) is 0 Å². The average molecular weight is 563 g/mol. The fourth-order valence-electron chi connectivity index (χ4n) is 3.49. The van der Waals surface area contributed by atoms with Gasteiger partial charge in [0.1, 0.15) is 12.4 Å². The van der Waals surface area contributed by atoms with Gasteiger partial charge in [0.05, 0.1) is 35.8 Å². The molecule has 3 aromatic carbocycles. The number of carbonyl (C=O) groups is 1. The van der Waals surface area contributed by atoms with Crippen molar-refractivity contribution in [3.63, 3.8) is 0 Å². The van der Waals surface area contributed by atoms with Crippen molar-refractivity contribution in [1.82, 2.24) is 4.90 Å². The molecule has 0 atom stereocenters. The zero-order chi connectivity index (χ0) is 25.5. The maximum Gasteiger partial charge on any atom is 0.267 e. The van der Waals surface area contributed by atoms with E-state index in [0.29, 0.717) is 32.6 Å². The summed E-state index contributed by atoms with van der Waals surface area (Å²) in [6.45, 7) is 0.494. The van der Waals surface area contributed by atoms with Crippen molar-refractivity contribution in [3.8, 4) is 29.6 Å². The Bertz CT molecular complexity index is 1350. The Balaban J connectivity index is 1.69. The van der Waals surface area contributed by atoms with Gasteiger partial charge in [-0.15, -0.1) is 6.42 Å². The van der Waals surface area contributed by atoms with Crippen LogP contribution in [0.15, 0.2) is 81.1 Å². The second kappa shape index (κ2) is 11.8. The van der Waals surface area contributed by atoms with E-state index in [1.54, 1.807) is 25.2 Å². The molecule has 6 nitrogen and oxygen atoms in total. The van der Waals surface area contributed by atoms with Gasteiger partial charge >= 0.3 is 0 Å². The Hall–Kier alpha value is -3.67. The first kappa shape index (κ1) is 25.4. The van der Waals surface area contributed by atoms with Gasteiger partial charge < -0.3 is 14.2 Å². The minimum absolute atomic E-state index is 0.114. The van der Waals surface area contributed by atoms with Gasteiger partial charge in [-0.05, 0) is 81.3 Å². The van der Waals surface area contributed by atoms with Crippen LogP contribution in [0.25, 0.3) is 6.08 Å². The summed E-state index contributed by atoms with van der Waals surface area (Å²) in [4.78, 5) is 20.5. The number of thioether (sulfide) groups is 1. The van der Waals surface area contributed by atoms with E-state index in [4.69, 9.17) is 25.6 Å². The third-order valence-corrected chi connectivity index (χ3v) is 6.81. The lowest BCUT2D eigenvalue weighted by atomic mass is 10.1. The predicted octanol–water partition coefficient (Wildman–Crippen LogP) is 6.28. The van der Waals surface area contributed by atoms with Gasteiger partial charge in [-0.2, -0.15) is 0 Å². The summed E-state index contributed by atoms with van der Waals surface area (Å²) in [5.74, 6) is 4.09. The average Bonchev–Trinajstić information content (AvgIpc) is 3.17. The van der Waals surface area contributed by atoms with Crippen LogP contribution in [0, 0.1) is 12.3 Å². The first-order chi connectivity index (χ1) is 17.5. The summed E-state index contributed by atoms with van der Waals surface area (Å²) in [5.41, 5.74) is 2.51. The largest absolute Gasteiger partial charge is 0.497 e. The standard InChI is InChI=1S/C28H23BrN2O4S/c1-4-14-35-26-23(29)15-20(16-24(26)34-3)17-25-27(32)31(18-19-10-12-22(33-2)13-11-19)28(36-25)30-21-8-6-5-7-9-21/h1,5-13,15-17H,14,18H2,2-3H3/b25-17-,30-28?. The number of amides is 1. The van der Waals surface area contributed by atoms with Gasteiger partial charge in [0.2, 0.25) is 0 Å². The molecule has 8 heteroatoms. The molecular weight excluding hydrogens is 540 g/mol. The summed E-state index contributed by atoms with van der Waals surface area (Å²) in [7, 11) is 3.18. The normalized spacial score (nSPS) is 15.3. The van der Waals surface area contributed by atoms with Crippen molar-refractivity contribution in [2.75, 3.05) is 20.8 Å². The summed E-state index contributed by atoms with van der Waals surface area (Å²) in [5, 5.41) is 0.605. The molecule has 1 fully saturated rings. The van der Waals surface area contributed by atoms with Crippen LogP contribution in [0.4, 0.5) is 5.69 Å². The SMILES string of the molecule is C#CCOc1c(Br)cc(/C=C2\SC(=Nc3ccccc3)N(Cc3ccc(OC)cc3)C2=O)cc1OC. The summed E-state index contributed by atoms with van der Waals surface area (Å²) in [6.07, 6.45) is 7.14. The Morgan fingerprint density at radius 2 is 1.83 bits per heavy atom. The lowest BCUT2D eigenvalue weighted by molar-refractivity contribution is -0.122. The topological polar surface area (TPSA) is 60.4 Å². The van der Waals surface area contributed by atoms with E-state index in [2.05, 4.69) is 21.9 Å². The number of benzene rings is 3. The highest BCUT2D eigenvalue weighted by atomic mass is 79.9. The van der Waals surface area contributed by atoms with Crippen LogP contribution in [-0.2, 0) is 11.3 Å². The Kier molecular flexibility index (Phi) is 8.36. The number of hydrogen-bond donors (Lipinski definition) is 0. The molecule has 1 aliphatic rings. The number of para-hydroxylation sites is 1. The van der Waals surface area contributed by atoms with E-state index < -0.39 is 0 Å². The number of rotatable bonds is 8. The molecule has 0 aromatic heterocycles. The van der Waals surface area contributed by atoms with Crippen LogP contribution in [-0.4, -0.2) is 36.8 Å². The lowest BCUT2D eigenvalue weighted by Crippen LogP contribution is -2.28. The van der Waals surface area contributed by atoms with Crippen LogP contribution in [0.2, 0.25) is 0 Å². The number of aliphatic imine (C=N–C) groups is 1. The third kappa shape index (κ3) is 5.93. The van der Waals surface area contributed by atoms with Crippen molar-refractivity contribution in [3.05, 3.63) is 87.2 Å². The molecule has 36 heavy (non-hydrogen) atoms. The van der Waals surface area contributed by atoms with Gasteiger partial charge in [-0.3, -0.25) is 9.69 Å². The van der Waals surface area contributed by atoms with Crippen molar-refractivity contribution in [1.29, 1.82) is 0 Å². The summed E-state index contributed by atoms with van der Waals surface area (Å²) < 4.78 is 17.0. The van der Waals surface area contributed by atoms with Gasteiger partial charge in [0.25, 0.3) is 5.91 Å². The third-order valence-electron chi connectivity index (χ3n) is 5.22. The van der Waals surface area contributed by atoms with Crippen LogP contribution in [0.3, 0.4) is 0 Å². The molecule has 0 bridgehead atoms. The molecule has 1 aliphatic heterocycles. The number of terminal acetylenes is 1. The second-order valence-electron chi connectivity index (χ2n) is 7.61. The number of methoxy groups -OCH3 is 2. The number of amidine groups is 1. The lowest BCUT2D eigenvalue weighted by Gasteiger charge is -2.16. The van der Waals surface area contributed by atoms with E-state index >= 15 is 0 Å². The highest BCUT2D eigenvalue weighted by Gasteiger charge is 2.33. The van der Waals surface area contributed by atoms with Crippen LogP contribution >= 0.6 is 27.7 Å². The predicted molar refractivity (Wildman–Crippen MR) is 148 cm³/mol. The highest BCUT2D eigenvalue weighted by molar-refractivity contribution is 9.10. The summed E-state index contributed by atoms with van der Waals surface area (Å²) >= 11 is 4.85. The van der Waals surface area contributed by atoms with E-state index in [-0.39, 0.29) is 12.5 Å². The number of halogens is 1. The van der Waals surface area contributed by atoms with E-state index in [1.807, 2.05) is 66.7 Å². The van der Waals surface area contributed by atoms with Crippen molar-refractivity contribution >= 4 is 50.5 Å². The molecule has 0 saturated carbocycles. The highest BCUT2D eigenvalue weighted by Crippen LogP contribution is 2.40. The fraction of sp³-hybridized carbons (Fsp3) is 0.143. The minimum Gasteiger partial charge on any atom is -0.497 e. The van der Waals surface area contributed by atoms with Crippen molar-refractivity contribution in [2.24, 2.45) is 4.99 Å². The molecule has 0 N–H and O–H groups in total. The van der Waals surface area contributed by atoms with Crippen LogP contribution in [0.5, 0.6) is 17.2 Å². The van der Waals surface area contributed by atoms with Gasteiger partial charge in [0.15, 0.2) is 16.7 Å². The first-order valence-electron chi connectivity index (χ1n) is 10.9. The maximum absolute atomic E-state index is 13.5. The van der Waals surface area contributed by atoms with Gasteiger partial charge in [-0.25, -0.2) is 4.99 Å². The quantitative estimate of drug-likeness (QED) is 0.239. The zero-order valence-corrected chi connectivity index (χ0v) is 22.1.